The first-order valence-corrected chi connectivity index (χ1v) is 6.49. The maximum Gasteiger partial charge on any atom is 0.363 e. The van der Waals surface area contributed by atoms with Crippen molar-refractivity contribution in [2.45, 2.75) is 0 Å². The molecular weight excluding hydrogens is 286 g/mol. The van der Waals surface area contributed by atoms with Crippen LogP contribution in [-0.2, 0) is 9.53 Å². The fourth-order valence-electron chi connectivity index (χ4n) is 1.99. The Bertz CT molecular complexity index is 737. The van der Waals surface area contributed by atoms with Crippen LogP contribution in [0.2, 0.25) is 0 Å². The Balaban J connectivity index is 1.96. The van der Waals surface area contributed by atoms with Gasteiger partial charge in [0, 0.05) is 6.07 Å². The van der Waals surface area contributed by atoms with E-state index in [9.17, 15) is 4.79 Å². The van der Waals surface area contributed by atoms with Crippen LogP contribution in [0.1, 0.15) is 11.3 Å². The van der Waals surface area contributed by atoms with Crippen molar-refractivity contribution in [3.63, 3.8) is 0 Å². The number of aliphatic imine (C=N–C) groups is 1. The summed E-state index contributed by atoms with van der Waals surface area (Å²) >= 11 is 0. The second-order valence-corrected chi connectivity index (χ2v) is 4.46. The fourth-order valence-corrected chi connectivity index (χ4v) is 1.99. The van der Waals surface area contributed by atoms with Crippen LogP contribution in [0.4, 0.5) is 0 Å². The molecule has 0 aliphatic carbocycles. The first-order valence-electron chi connectivity index (χ1n) is 6.49. The molecule has 2 heterocycles. The Morgan fingerprint density at radius 2 is 1.86 bits per heavy atom. The van der Waals surface area contributed by atoms with E-state index < -0.39 is 5.97 Å². The number of carbonyl (C=O) groups excluding carboxylic acids is 1. The van der Waals surface area contributed by atoms with Gasteiger partial charge < -0.3 is 18.6 Å². The minimum absolute atomic E-state index is 0.149. The number of nitrogens with zero attached hydrogens (tertiary/aromatic N) is 1. The molecule has 6 heteroatoms. The molecule has 0 radical (unpaired) electrons. The van der Waals surface area contributed by atoms with Gasteiger partial charge in [0.1, 0.15) is 11.5 Å². The van der Waals surface area contributed by atoms with Gasteiger partial charge in [0.15, 0.2) is 11.5 Å². The van der Waals surface area contributed by atoms with E-state index in [2.05, 4.69) is 4.99 Å². The van der Waals surface area contributed by atoms with Crippen molar-refractivity contribution in [1.82, 2.24) is 0 Å². The van der Waals surface area contributed by atoms with Crippen LogP contribution in [0.25, 0.3) is 6.08 Å². The monoisotopic (exact) mass is 299 g/mol. The second-order valence-electron chi connectivity index (χ2n) is 4.46. The highest BCUT2D eigenvalue weighted by Gasteiger charge is 2.25. The molecule has 1 aliphatic heterocycles. The molecule has 2 aromatic rings. The Hall–Kier alpha value is -3.02. The number of methoxy groups -OCH3 is 2. The zero-order valence-electron chi connectivity index (χ0n) is 12.0. The number of esters is 1. The minimum atomic E-state index is -0.534. The number of hydrogen-bond acceptors (Lipinski definition) is 6. The molecule has 112 valence electrons. The van der Waals surface area contributed by atoms with E-state index in [-0.39, 0.29) is 11.6 Å². The van der Waals surface area contributed by atoms with Crippen LogP contribution in [0.5, 0.6) is 11.5 Å². The van der Waals surface area contributed by atoms with Crippen LogP contribution >= 0.6 is 0 Å². The molecule has 1 aromatic carbocycles. The van der Waals surface area contributed by atoms with E-state index in [0.717, 1.165) is 0 Å². The molecule has 0 fully saturated rings. The van der Waals surface area contributed by atoms with Gasteiger partial charge in [-0.25, -0.2) is 9.79 Å². The molecule has 3 rings (SSSR count). The summed E-state index contributed by atoms with van der Waals surface area (Å²) < 4.78 is 20.6. The molecular formula is C16H13NO5. The molecule has 0 N–H and O–H groups in total. The fraction of sp³-hybridized carbons (Fsp3) is 0.125. The van der Waals surface area contributed by atoms with E-state index in [4.69, 9.17) is 18.6 Å². The minimum Gasteiger partial charge on any atom is -0.497 e. The summed E-state index contributed by atoms with van der Waals surface area (Å²) in [5.74, 6) is 1.25. The third kappa shape index (κ3) is 2.71. The first-order chi connectivity index (χ1) is 10.7. The summed E-state index contributed by atoms with van der Waals surface area (Å²) in [4.78, 5) is 16.0. The molecule has 6 nitrogen and oxygen atoms in total. The number of hydrogen-bond donors (Lipinski definition) is 0. The summed E-state index contributed by atoms with van der Waals surface area (Å²) in [5.41, 5.74) is 0.898. The summed E-state index contributed by atoms with van der Waals surface area (Å²) in [5, 5.41) is 0. The topological polar surface area (TPSA) is 70.3 Å². The van der Waals surface area contributed by atoms with Gasteiger partial charge in [0.05, 0.1) is 20.5 Å². The highest BCUT2D eigenvalue weighted by molar-refractivity contribution is 6.11. The van der Waals surface area contributed by atoms with Gasteiger partial charge in [0.25, 0.3) is 5.90 Å². The number of benzene rings is 1. The van der Waals surface area contributed by atoms with Crippen LogP contribution in [0, 0.1) is 0 Å². The van der Waals surface area contributed by atoms with Crippen molar-refractivity contribution in [3.8, 4) is 11.5 Å². The molecule has 1 aromatic heterocycles. The Labute approximate surface area is 126 Å². The van der Waals surface area contributed by atoms with Crippen LogP contribution in [0.3, 0.4) is 0 Å². The highest BCUT2D eigenvalue weighted by atomic mass is 16.6. The molecule has 0 amide bonds. The Kier molecular flexibility index (Phi) is 3.65. The number of cyclic esters (lactones) is 1. The summed E-state index contributed by atoms with van der Waals surface area (Å²) in [6.45, 7) is 0. The average Bonchev–Trinajstić information content (AvgIpc) is 3.17. The van der Waals surface area contributed by atoms with Gasteiger partial charge in [-0.05, 0) is 35.9 Å². The van der Waals surface area contributed by atoms with Gasteiger partial charge >= 0.3 is 5.97 Å². The SMILES string of the molecule is COc1cc(/C=C2\N=C(c3ccco3)OC2=O)cc(OC)c1. The molecule has 1 aliphatic rings. The molecule has 0 saturated carbocycles. The molecule has 0 unspecified atom stereocenters. The molecule has 0 atom stereocenters. The van der Waals surface area contributed by atoms with Crippen molar-refractivity contribution in [2.24, 2.45) is 4.99 Å². The van der Waals surface area contributed by atoms with Crippen molar-refractivity contribution >= 4 is 17.9 Å². The predicted molar refractivity (Wildman–Crippen MR) is 78.9 cm³/mol. The molecule has 0 saturated heterocycles. The van der Waals surface area contributed by atoms with E-state index in [1.165, 1.54) is 6.26 Å². The summed E-state index contributed by atoms with van der Waals surface area (Å²) in [6.07, 6.45) is 3.09. The lowest BCUT2D eigenvalue weighted by molar-refractivity contribution is -0.130. The van der Waals surface area contributed by atoms with Crippen LogP contribution in [0.15, 0.2) is 51.7 Å². The normalized spacial score (nSPS) is 15.6. The number of rotatable bonds is 4. The zero-order chi connectivity index (χ0) is 15.5. The van der Waals surface area contributed by atoms with E-state index >= 15 is 0 Å². The van der Waals surface area contributed by atoms with Crippen molar-refractivity contribution in [3.05, 3.63) is 53.6 Å². The zero-order valence-corrected chi connectivity index (χ0v) is 12.0. The molecule has 0 spiro atoms. The first kappa shape index (κ1) is 13.9. The molecule has 22 heavy (non-hydrogen) atoms. The van der Waals surface area contributed by atoms with Crippen LogP contribution < -0.4 is 9.47 Å². The van der Waals surface area contributed by atoms with E-state index in [1.54, 1.807) is 50.6 Å². The van der Waals surface area contributed by atoms with E-state index in [0.29, 0.717) is 22.8 Å². The van der Waals surface area contributed by atoms with Gasteiger partial charge in [-0.3, -0.25) is 0 Å². The third-order valence-corrected chi connectivity index (χ3v) is 3.03. The van der Waals surface area contributed by atoms with Gasteiger partial charge in [-0.1, -0.05) is 0 Å². The average molecular weight is 299 g/mol. The van der Waals surface area contributed by atoms with E-state index in [1.807, 2.05) is 0 Å². The Morgan fingerprint density at radius 1 is 1.14 bits per heavy atom. The lowest BCUT2D eigenvalue weighted by Gasteiger charge is -2.05. The largest absolute Gasteiger partial charge is 0.497 e. The maximum absolute atomic E-state index is 11.9. The summed E-state index contributed by atoms with van der Waals surface area (Å²) in [6, 6.07) is 8.64. The quantitative estimate of drug-likeness (QED) is 0.641. The lowest BCUT2D eigenvalue weighted by atomic mass is 10.1. The van der Waals surface area contributed by atoms with Crippen molar-refractivity contribution < 1.29 is 23.4 Å². The second kappa shape index (κ2) is 5.77. The smallest absolute Gasteiger partial charge is 0.363 e. The van der Waals surface area contributed by atoms with Crippen LogP contribution in [-0.4, -0.2) is 26.1 Å². The van der Waals surface area contributed by atoms with Gasteiger partial charge in [-0.15, -0.1) is 0 Å². The lowest BCUT2D eigenvalue weighted by Crippen LogP contribution is -2.04. The highest BCUT2D eigenvalue weighted by Crippen LogP contribution is 2.26. The van der Waals surface area contributed by atoms with Gasteiger partial charge in [-0.2, -0.15) is 0 Å². The molecule has 0 bridgehead atoms. The Morgan fingerprint density at radius 3 is 2.45 bits per heavy atom. The van der Waals surface area contributed by atoms with Crippen molar-refractivity contribution in [1.29, 1.82) is 0 Å². The summed E-state index contributed by atoms with van der Waals surface area (Å²) in [7, 11) is 3.12. The number of carbonyl (C=O) groups is 1. The maximum atomic E-state index is 11.9. The van der Waals surface area contributed by atoms with Gasteiger partial charge in [0.2, 0.25) is 0 Å². The van der Waals surface area contributed by atoms with Crippen molar-refractivity contribution in [2.75, 3.05) is 14.2 Å². The third-order valence-electron chi connectivity index (χ3n) is 3.03. The predicted octanol–water partition coefficient (Wildman–Crippen LogP) is 2.64. The standard InChI is InChI=1S/C16H13NO5/c1-19-11-6-10(7-12(9-11)20-2)8-13-16(18)22-15(17-13)14-4-3-5-21-14/h3-9H,1-2H3/b13-8-. The number of furan rings is 1. The number of ether oxygens (including phenoxy) is 3.